The third kappa shape index (κ3) is 4.96. The number of carbonyl (C=O) groups is 2. The highest BCUT2D eigenvalue weighted by Crippen LogP contribution is 2.41. The minimum absolute atomic E-state index is 0.00881. The highest BCUT2D eigenvalue weighted by atomic mass is 79.9. The van der Waals surface area contributed by atoms with Gasteiger partial charge in [0.15, 0.2) is 6.10 Å². The van der Waals surface area contributed by atoms with E-state index in [2.05, 4.69) is 21.2 Å². The predicted molar refractivity (Wildman–Crippen MR) is 118 cm³/mol. The van der Waals surface area contributed by atoms with Gasteiger partial charge >= 0.3 is 0 Å². The van der Waals surface area contributed by atoms with Crippen LogP contribution in [0.2, 0.25) is 0 Å². The van der Waals surface area contributed by atoms with E-state index in [0.29, 0.717) is 5.75 Å². The summed E-state index contributed by atoms with van der Waals surface area (Å²) < 4.78 is 7.09. The molecule has 5 nitrogen and oxygen atoms in total. The summed E-state index contributed by atoms with van der Waals surface area (Å²) in [6.07, 6.45) is 4.62. The first-order valence-electron chi connectivity index (χ1n) is 10.7. The molecule has 0 radical (unpaired) electrons. The Kier molecular flexibility index (Phi) is 6.61. The Labute approximate surface area is 182 Å². The van der Waals surface area contributed by atoms with Crippen molar-refractivity contribution < 1.29 is 14.3 Å². The number of carbonyl (C=O) groups excluding carboxylic acids is 2. The quantitative estimate of drug-likeness (QED) is 0.685. The van der Waals surface area contributed by atoms with E-state index in [1.807, 2.05) is 57.7 Å². The second-order valence-electron chi connectivity index (χ2n) is 9.64. The standard InChI is InChI=1S/C23H33BrN2O3/c1-14(2)20-22(28)26(16-9-7-6-8-10-16)19(21(27)25-23(3,4)5)17-13-15(24)11-12-18(17)29-20/h11-14,16,19-20H,6-10H2,1-5H3,(H,25,27). The van der Waals surface area contributed by atoms with Crippen LogP contribution >= 0.6 is 15.9 Å². The molecule has 0 saturated heterocycles. The van der Waals surface area contributed by atoms with Crippen molar-refractivity contribution in [2.24, 2.45) is 5.92 Å². The third-order valence-corrected chi connectivity index (χ3v) is 6.11. The van der Waals surface area contributed by atoms with Gasteiger partial charge in [-0.3, -0.25) is 9.59 Å². The summed E-state index contributed by atoms with van der Waals surface area (Å²) in [5.74, 6) is 0.402. The topological polar surface area (TPSA) is 58.6 Å². The number of halogens is 1. The van der Waals surface area contributed by atoms with Crippen molar-refractivity contribution in [2.45, 2.75) is 90.4 Å². The Morgan fingerprint density at radius 1 is 1.21 bits per heavy atom. The SMILES string of the molecule is CC(C)C1Oc2ccc(Br)cc2C(C(=O)NC(C)(C)C)N(C2CCCCC2)C1=O. The van der Waals surface area contributed by atoms with Gasteiger partial charge < -0.3 is 15.0 Å². The normalized spacial score (nSPS) is 23.4. The lowest BCUT2D eigenvalue weighted by atomic mass is 9.90. The highest BCUT2D eigenvalue weighted by molar-refractivity contribution is 9.10. The largest absolute Gasteiger partial charge is 0.480 e. The number of benzene rings is 1. The highest BCUT2D eigenvalue weighted by Gasteiger charge is 2.45. The molecule has 3 rings (SSSR count). The van der Waals surface area contributed by atoms with Crippen LogP contribution in [-0.4, -0.2) is 34.4 Å². The van der Waals surface area contributed by atoms with Crippen LogP contribution in [0.4, 0.5) is 0 Å². The molecule has 2 aliphatic rings. The van der Waals surface area contributed by atoms with E-state index in [1.54, 1.807) is 0 Å². The maximum Gasteiger partial charge on any atom is 0.265 e. The molecule has 0 aromatic heterocycles. The number of nitrogens with one attached hydrogen (secondary N) is 1. The molecule has 1 saturated carbocycles. The number of hydrogen-bond donors (Lipinski definition) is 1. The van der Waals surface area contributed by atoms with E-state index in [9.17, 15) is 9.59 Å². The molecule has 2 atom stereocenters. The first-order valence-corrected chi connectivity index (χ1v) is 11.5. The van der Waals surface area contributed by atoms with Crippen LogP contribution < -0.4 is 10.1 Å². The Morgan fingerprint density at radius 2 is 1.86 bits per heavy atom. The van der Waals surface area contributed by atoms with Crippen LogP contribution in [0, 0.1) is 5.92 Å². The summed E-state index contributed by atoms with van der Waals surface area (Å²) in [4.78, 5) is 29.1. The fourth-order valence-electron chi connectivity index (χ4n) is 4.33. The van der Waals surface area contributed by atoms with Crippen LogP contribution in [0.5, 0.6) is 5.75 Å². The van der Waals surface area contributed by atoms with E-state index in [4.69, 9.17) is 4.74 Å². The molecule has 2 amide bonds. The number of nitrogens with zero attached hydrogens (tertiary/aromatic N) is 1. The molecule has 0 bridgehead atoms. The van der Waals surface area contributed by atoms with Crippen molar-refractivity contribution in [3.8, 4) is 5.75 Å². The Balaban J connectivity index is 2.15. The first kappa shape index (κ1) is 22.1. The predicted octanol–water partition coefficient (Wildman–Crippen LogP) is 4.98. The summed E-state index contributed by atoms with van der Waals surface area (Å²) in [6, 6.07) is 5.05. The van der Waals surface area contributed by atoms with Gasteiger partial charge in [-0.15, -0.1) is 0 Å². The monoisotopic (exact) mass is 464 g/mol. The minimum Gasteiger partial charge on any atom is -0.480 e. The molecule has 1 aromatic carbocycles. The van der Waals surface area contributed by atoms with Crippen molar-refractivity contribution >= 4 is 27.7 Å². The van der Waals surface area contributed by atoms with Crippen molar-refractivity contribution in [1.82, 2.24) is 10.2 Å². The molecule has 160 valence electrons. The number of rotatable bonds is 3. The van der Waals surface area contributed by atoms with Gasteiger partial charge in [0.2, 0.25) is 5.91 Å². The zero-order valence-corrected chi connectivity index (χ0v) is 19.7. The number of fused-ring (bicyclic) bond motifs is 1. The van der Waals surface area contributed by atoms with Crippen LogP contribution in [0.1, 0.15) is 78.3 Å². The van der Waals surface area contributed by atoms with Gasteiger partial charge in [0.05, 0.1) is 0 Å². The molecule has 2 unspecified atom stereocenters. The minimum atomic E-state index is -0.693. The smallest absolute Gasteiger partial charge is 0.265 e. The van der Waals surface area contributed by atoms with Crippen molar-refractivity contribution in [3.05, 3.63) is 28.2 Å². The van der Waals surface area contributed by atoms with Crippen LogP contribution in [0.25, 0.3) is 0 Å². The van der Waals surface area contributed by atoms with E-state index >= 15 is 0 Å². The van der Waals surface area contributed by atoms with Gasteiger partial charge in [-0.25, -0.2) is 0 Å². The Morgan fingerprint density at radius 3 is 2.45 bits per heavy atom. The van der Waals surface area contributed by atoms with E-state index in [1.165, 1.54) is 6.42 Å². The zero-order chi connectivity index (χ0) is 21.3. The van der Waals surface area contributed by atoms with Crippen molar-refractivity contribution in [1.29, 1.82) is 0 Å². The fourth-order valence-corrected chi connectivity index (χ4v) is 4.71. The maximum absolute atomic E-state index is 13.7. The second kappa shape index (κ2) is 8.66. The average Bonchev–Trinajstić information content (AvgIpc) is 2.75. The van der Waals surface area contributed by atoms with Crippen LogP contribution in [-0.2, 0) is 9.59 Å². The molecule has 1 aromatic rings. The van der Waals surface area contributed by atoms with Gasteiger partial charge in [0.25, 0.3) is 5.91 Å². The number of amides is 2. The fraction of sp³-hybridized carbons (Fsp3) is 0.652. The second-order valence-corrected chi connectivity index (χ2v) is 10.6. The zero-order valence-electron chi connectivity index (χ0n) is 18.1. The lowest BCUT2D eigenvalue weighted by Crippen LogP contribution is -2.55. The first-order chi connectivity index (χ1) is 13.6. The molecule has 1 N–H and O–H groups in total. The molecule has 1 heterocycles. The van der Waals surface area contributed by atoms with E-state index < -0.39 is 17.7 Å². The summed E-state index contributed by atoms with van der Waals surface area (Å²) in [5.41, 5.74) is 0.359. The average molecular weight is 465 g/mol. The number of hydrogen-bond acceptors (Lipinski definition) is 3. The lowest BCUT2D eigenvalue weighted by Gasteiger charge is -2.40. The van der Waals surface area contributed by atoms with Crippen molar-refractivity contribution in [2.75, 3.05) is 0 Å². The molecule has 1 aliphatic heterocycles. The number of ether oxygens (including phenoxy) is 1. The molecular weight excluding hydrogens is 432 g/mol. The van der Waals surface area contributed by atoms with E-state index in [0.717, 1.165) is 35.7 Å². The van der Waals surface area contributed by atoms with Gasteiger partial charge in [-0.1, -0.05) is 49.0 Å². The molecule has 29 heavy (non-hydrogen) atoms. The Bertz CT molecular complexity index is 766. The lowest BCUT2D eigenvalue weighted by molar-refractivity contribution is -0.150. The summed E-state index contributed by atoms with van der Waals surface area (Å²) in [6.45, 7) is 9.88. The van der Waals surface area contributed by atoms with Crippen molar-refractivity contribution in [3.63, 3.8) is 0 Å². The molecule has 0 spiro atoms. The van der Waals surface area contributed by atoms with Gasteiger partial charge in [-0.05, 0) is 57.7 Å². The molecule has 1 aliphatic carbocycles. The van der Waals surface area contributed by atoms with E-state index in [-0.39, 0.29) is 23.8 Å². The van der Waals surface area contributed by atoms with Crippen LogP contribution in [0.15, 0.2) is 22.7 Å². The molecule has 6 heteroatoms. The van der Waals surface area contributed by atoms with Gasteiger partial charge in [0.1, 0.15) is 11.8 Å². The summed E-state index contributed by atoms with van der Waals surface area (Å²) >= 11 is 3.54. The molecule has 1 fully saturated rings. The summed E-state index contributed by atoms with van der Waals surface area (Å²) in [7, 11) is 0. The molecular formula is C23H33BrN2O3. The summed E-state index contributed by atoms with van der Waals surface area (Å²) in [5, 5.41) is 3.11. The van der Waals surface area contributed by atoms with Gasteiger partial charge in [-0.2, -0.15) is 0 Å². The third-order valence-electron chi connectivity index (χ3n) is 5.62. The maximum atomic E-state index is 13.7. The van der Waals surface area contributed by atoms with Gasteiger partial charge in [0, 0.05) is 21.6 Å². The Hall–Kier alpha value is -1.56. The van der Waals surface area contributed by atoms with Crippen LogP contribution in [0.3, 0.4) is 0 Å².